The van der Waals surface area contributed by atoms with Crippen molar-refractivity contribution in [1.82, 2.24) is 10.2 Å². The summed E-state index contributed by atoms with van der Waals surface area (Å²) >= 11 is 0. The number of nitrogens with zero attached hydrogens (tertiary/aromatic N) is 1. The first kappa shape index (κ1) is 14.8. The standard InChI is InChI=1S/C12H23F3N2/c1-10(2,3)17-7-9(6-11(17,4)5)16-8-12(13,14)15/h9,16H,6-8H2,1-5H3/t9-/m1/s1. The van der Waals surface area contributed by atoms with E-state index in [0.29, 0.717) is 6.54 Å². The molecule has 1 heterocycles. The van der Waals surface area contributed by atoms with Gasteiger partial charge in [0.15, 0.2) is 0 Å². The van der Waals surface area contributed by atoms with Crippen LogP contribution < -0.4 is 5.32 Å². The maximum absolute atomic E-state index is 12.2. The molecule has 1 saturated heterocycles. The van der Waals surface area contributed by atoms with Gasteiger partial charge in [-0.25, -0.2) is 0 Å². The highest BCUT2D eigenvalue weighted by molar-refractivity contribution is 5.01. The van der Waals surface area contributed by atoms with Crippen molar-refractivity contribution in [2.24, 2.45) is 0 Å². The fraction of sp³-hybridized carbons (Fsp3) is 1.00. The van der Waals surface area contributed by atoms with E-state index in [-0.39, 0.29) is 17.1 Å². The monoisotopic (exact) mass is 252 g/mol. The van der Waals surface area contributed by atoms with Crippen molar-refractivity contribution in [3.63, 3.8) is 0 Å². The van der Waals surface area contributed by atoms with Crippen molar-refractivity contribution in [2.75, 3.05) is 13.1 Å². The van der Waals surface area contributed by atoms with Gasteiger partial charge in [-0.15, -0.1) is 0 Å². The van der Waals surface area contributed by atoms with Crippen LogP contribution in [0.15, 0.2) is 0 Å². The van der Waals surface area contributed by atoms with Gasteiger partial charge in [-0.1, -0.05) is 0 Å². The van der Waals surface area contributed by atoms with Crippen LogP contribution in [-0.2, 0) is 0 Å². The first-order valence-electron chi connectivity index (χ1n) is 6.00. The lowest BCUT2D eigenvalue weighted by atomic mass is 9.95. The maximum atomic E-state index is 12.2. The van der Waals surface area contributed by atoms with E-state index in [9.17, 15) is 13.2 Å². The first-order chi connectivity index (χ1) is 7.42. The molecule has 1 N–H and O–H groups in total. The summed E-state index contributed by atoms with van der Waals surface area (Å²) < 4.78 is 36.5. The molecule has 1 rings (SSSR count). The van der Waals surface area contributed by atoms with E-state index >= 15 is 0 Å². The molecule has 0 aromatic rings. The van der Waals surface area contributed by atoms with Crippen LogP contribution in [0.3, 0.4) is 0 Å². The predicted molar refractivity (Wildman–Crippen MR) is 63.0 cm³/mol. The van der Waals surface area contributed by atoms with Gasteiger partial charge in [0, 0.05) is 23.7 Å². The molecule has 1 atom stereocenters. The highest BCUT2D eigenvalue weighted by Gasteiger charge is 2.44. The second-order valence-electron chi connectivity index (χ2n) is 6.49. The van der Waals surface area contributed by atoms with Crippen LogP contribution in [0.4, 0.5) is 13.2 Å². The molecule has 5 heteroatoms. The number of hydrogen-bond donors (Lipinski definition) is 1. The average molecular weight is 252 g/mol. The van der Waals surface area contributed by atoms with Crippen LogP contribution in [0.2, 0.25) is 0 Å². The molecule has 1 aliphatic rings. The molecule has 1 aliphatic heterocycles. The molecular formula is C12H23F3N2. The highest BCUT2D eigenvalue weighted by Crippen LogP contribution is 2.35. The Hall–Kier alpha value is -0.290. The van der Waals surface area contributed by atoms with Crippen LogP contribution >= 0.6 is 0 Å². The van der Waals surface area contributed by atoms with E-state index < -0.39 is 12.7 Å². The lowest BCUT2D eigenvalue weighted by molar-refractivity contribution is -0.126. The quantitative estimate of drug-likeness (QED) is 0.813. The van der Waals surface area contributed by atoms with Crippen molar-refractivity contribution in [3.05, 3.63) is 0 Å². The summed E-state index contributed by atoms with van der Waals surface area (Å²) in [5.74, 6) is 0. The van der Waals surface area contributed by atoms with Gasteiger partial charge in [0.05, 0.1) is 6.54 Å². The molecule has 17 heavy (non-hydrogen) atoms. The Labute approximate surface area is 102 Å². The summed E-state index contributed by atoms with van der Waals surface area (Å²) in [4.78, 5) is 2.27. The Kier molecular flexibility index (Phi) is 3.85. The zero-order chi connectivity index (χ0) is 13.5. The number of rotatable bonds is 2. The molecule has 0 unspecified atom stereocenters. The molecule has 102 valence electrons. The van der Waals surface area contributed by atoms with Crippen molar-refractivity contribution in [3.8, 4) is 0 Å². The number of halogens is 3. The van der Waals surface area contributed by atoms with E-state index in [2.05, 4.69) is 44.8 Å². The van der Waals surface area contributed by atoms with Gasteiger partial charge in [0.25, 0.3) is 0 Å². The number of alkyl halides is 3. The van der Waals surface area contributed by atoms with E-state index in [1.165, 1.54) is 0 Å². The second kappa shape index (κ2) is 4.43. The molecule has 2 nitrogen and oxygen atoms in total. The Morgan fingerprint density at radius 2 is 1.76 bits per heavy atom. The maximum Gasteiger partial charge on any atom is 0.401 e. The molecule has 0 saturated carbocycles. The van der Waals surface area contributed by atoms with Gasteiger partial charge in [-0.2, -0.15) is 13.2 Å². The van der Waals surface area contributed by atoms with Crippen LogP contribution in [0.5, 0.6) is 0 Å². The molecule has 0 bridgehead atoms. The topological polar surface area (TPSA) is 15.3 Å². The van der Waals surface area contributed by atoms with Crippen LogP contribution in [-0.4, -0.2) is 41.3 Å². The van der Waals surface area contributed by atoms with Gasteiger partial charge >= 0.3 is 6.18 Å². The lowest BCUT2D eigenvalue weighted by Gasteiger charge is -2.42. The minimum absolute atomic E-state index is 0.0157. The SMILES string of the molecule is CC(C)(C)N1C[C@H](NCC(F)(F)F)CC1(C)C. The van der Waals surface area contributed by atoms with Crippen molar-refractivity contribution in [1.29, 1.82) is 0 Å². The van der Waals surface area contributed by atoms with E-state index in [0.717, 1.165) is 6.42 Å². The predicted octanol–water partition coefficient (Wildman–Crippen LogP) is 2.79. The third-order valence-corrected chi connectivity index (χ3v) is 3.28. The zero-order valence-corrected chi connectivity index (χ0v) is 11.3. The van der Waals surface area contributed by atoms with Crippen molar-refractivity contribution >= 4 is 0 Å². The number of nitrogens with one attached hydrogen (secondary N) is 1. The van der Waals surface area contributed by atoms with Crippen molar-refractivity contribution < 1.29 is 13.2 Å². The Balaban J connectivity index is 2.60. The number of hydrogen-bond acceptors (Lipinski definition) is 2. The minimum Gasteiger partial charge on any atom is -0.305 e. The van der Waals surface area contributed by atoms with Gasteiger partial charge in [-0.3, -0.25) is 4.90 Å². The Morgan fingerprint density at radius 1 is 1.24 bits per heavy atom. The third-order valence-electron chi connectivity index (χ3n) is 3.28. The summed E-state index contributed by atoms with van der Waals surface area (Å²) in [6.07, 6.45) is -3.38. The minimum atomic E-state index is -4.13. The Morgan fingerprint density at radius 3 is 2.12 bits per heavy atom. The highest BCUT2D eigenvalue weighted by atomic mass is 19.4. The second-order valence-corrected chi connectivity index (χ2v) is 6.49. The first-order valence-corrected chi connectivity index (χ1v) is 6.00. The van der Waals surface area contributed by atoms with Crippen LogP contribution in [0, 0.1) is 0 Å². The number of likely N-dealkylation sites (tertiary alicyclic amines) is 1. The molecule has 0 spiro atoms. The van der Waals surface area contributed by atoms with E-state index in [1.54, 1.807) is 0 Å². The van der Waals surface area contributed by atoms with E-state index in [1.807, 2.05) is 0 Å². The van der Waals surface area contributed by atoms with Gasteiger partial charge in [0.2, 0.25) is 0 Å². The average Bonchev–Trinajstić information content (AvgIpc) is 2.35. The molecule has 0 radical (unpaired) electrons. The van der Waals surface area contributed by atoms with E-state index in [4.69, 9.17) is 0 Å². The smallest absolute Gasteiger partial charge is 0.305 e. The normalized spacial score (nSPS) is 26.5. The summed E-state index contributed by atoms with van der Waals surface area (Å²) in [6.45, 7) is 10.3. The van der Waals surface area contributed by atoms with Gasteiger partial charge in [0.1, 0.15) is 0 Å². The third kappa shape index (κ3) is 4.14. The summed E-state index contributed by atoms with van der Waals surface area (Å²) in [7, 11) is 0. The molecule has 0 aliphatic carbocycles. The molecule has 0 aromatic carbocycles. The zero-order valence-electron chi connectivity index (χ0n) is 11.3. The fourth-order valence-corrected chi connectivity index (χ4v) is 2.82. The van der Waals surface area contributed by atoms with Crippen molar-refractivity contribution in [2.45, 2.75) is 64.3 Å². The van der Waals surface area contributed by atoms with Gasteiger partial charge < -0.3 is 5.32 Å². The van der Waals surface area contributed by atoms with Crippen LogP contribution in [0.1, 0.15) is 41.0 Å². The summed E-state index contributed by atoms with van der Waals surface area (Å²) in [5, 5.41) is 2.61. The Bertz CT molecular complexity index is 266. The summed E-state index contributed by atoms with van der Waals surface area (Å²) in [5.41, 5.74) is -0.0698. The lowest BCUT2D eigenvalue weighted by Crippen LogP contribution is -2.50. The summed E-state index contributed by atoms with van der Waals surface area (Å²) in [6, 6.07) is -0.0779. The molecule has 0 aromatic heterocycles. The molecule has 1 fully saturated rings. The van der Waals surface area contributed by atoms with Gasteiger partial charge in [-0.05, 0) is 41.0 Å². The molecule has 0 amide bonds. The van der Waals surface area contributed by atoms with Crippen LogP contribution in [0.25, 0.3) is 0 Å². The largest absolute Gasteiger partial charge is 0.401 e. The molecular weight excluding hydrogens is 229 g/mol. The fourth-order valence-electron chi connectivity index (χ4n) is 2.82.